The minimum atomic E-state index is 0.170. The second-order valence-corrected chi connectivity index (χ2v) is 6.26. The van der Waals surface area contributed by atoms with Crippen molar-refractivity contribution < 1.29 is 4.79 Å². The van der Waals surface area contributed by atoms with Gasteiger partial charge in [-0.15, -0.1) is 11.6 Å². The van der Waals surface area contributed by atoms with Gasteiger partial charge in [-0.1, -0.05) is 0 Å². The van der Waals surface area contributed by atoms with E-state index in [1.165, 1.54) is 0 Å². The average Bonchev–Trinajstić information content (AvgIpc) is 2.84. The molecule has 1 fully saturated rings. The van der Waals surface area contributed by atoms with E-state index in [4.69, 9.17) is 11.6 Å². The van der Waals surface area contributed by atoms with Crippen LogP contribution in [0.4, 0.5) is 0 Å². The highest BCUT2D eigenvalue weighted by molar-refractivity contribution is 14.1. The van der Waals surface area contributed by atoms with E-state index in [2.05, 4.69) is 22.6 Å². The van der Waals surface area contributed by atoms with Gasteiger partial charge in [0.05, 0.1) is 0 Å². The Labute approximate surface area is 127 Å². The highest BCUT2D eigenvalue weighted by Crippen LogP contribution is 2.24. The van der Waals surface area contributed by atoms with Crippen LogP contribution in [0, 0.1) is 3.57 Å². The van der Waals surface area contributed by atoms with E-state index in [0.29, 0.717) is 11.9 Å². The molecule has 0 aromatic heterocycles. The number of hydrogen-bond donors (Lipinski definition) is 0. The largest absolute Gasteiger partial charge is 0.336 e. The minimum absolute atomic E-state index is 0.170. The molecule has 1 aliphatic heterocycles. The van der Waals surface area contributed by atoms with Gasteiger partial charge in [0.15, 0.2) is 0 Å². The number of likely N-dealkylation sites (tertiary alicyclic amines) is 1. The Morgan fingerprint density at radius 2 is 2.11 bits per heavy atom. The van der Waals surface area contributed by atoms with Crippen LogP contribution in [0.3, 0.4) is 0 Å². The second kappa shape index (κ2) is 6.75. The van der Waals surface area contributed by atoms with Gasteiger partial charge in [-0.3, -0.25) is 4.79 Å². The molecule has 0 radical (unpaired) electrons. The summed E-state index contributed by atoms with van der Waals surface area (Å²) in [4.78, 5) is 14.4. The lowest BCUT2D eigenvalue weighted by Crippen LogP contribution is -2.35. The molecule has 1 unspecified atom stereocenters. The fourth-order valence-corrected chi connectivity index (χ4v) is 2.99. The molecule has 1 aliphatic rings. The van der Waals surface area contributed by atoms with E-state index in [1.807, 2.05) is 29.2 Å². The number of alkyl halides is 1. The Hall–Kier alpha value is -0.290. The first kappa shape index (κ1) is 14.1. The first-order valence-corrected chi connectivity index (χ1v) is 7.96. The molecular weight excluding hydrogens is 361 g/mol. The average molecular weight is 378 g/mol. The quantitative estimate of drug-likeness (QED) is 0.575. The van der Waals surface area contributed by atoms with Crippen LogP contribution in [-0.2, 0) is 0 Å². The zero-order valence-electron chi connectivity index (χ0n) is 10.2. The SMILES string of the molecule is O=C(c1ccc(I)cc1)N1CCCC1CCCCl. The Balaban J connectivity index is 2.05. The maximum Gasteiger partial charge on any atom is 0.254 e. The molecule has 0 spiro atoms. The van der Waals surface area contributed by atoms with Gasteiger partial charge in [0, 0.05) is 27.6 Å². The lowest BCUT2D eigenvalue weighted by atomic mass is 10.1. The summed E-state index contributed by atoms with van der Waals surface area (Å²) < 4.78 is 1.16. The predicted molar refractivity (Wildman–Crippen MR) is 83.2 cm³/mol. The summed E-state index contributed by atoms with van der Waals surface area (Å²) in [6, 6.07) is 8.19. The van der Waals surface area contributed by atoms with Crippen LogP contribution in [0.5, 0.6) is 0 Å². The third kappa shape index (κ3) is 3.38. The van der Waals surface area contributed by atoms with Gasteiger partial charge in [-0.2, -0.15) is 0 Å². The first-order chi connectivity index (χ1) is 8.72. The molecule has 1 heterocycles. The molecule has 4 heteroatoms. The molecule has 1 aromatic carbocycles. The van der Waals surface area contributed by atoms with Crippen LogP contribution in [-0.4, -0.2) is 29.3 Å². The third-order valence-corrected chi connectivity index (χ3v) is 4.39. The Morgan fingerprint density at radius 1 is 1.39 bits per heavy atom. The highest BCUT2D eigenvalue weighted by Gasteiger charge is 2.28. The van der Waals surface area contributed by atoms with Crippen molar-refractivity contribution in [2.24, 2.45) is 0 Å². The topological polar surface area (TPSA) is 20.3 Å². The van der Waals surface area contributed by atoms with E-state index in [-0.39, 0.29) is 5.91 Å². The molecule has 1 saturated heterocycles. The molecule has 0 aliphatic carbocycles. The maximum absolute atomic E-state index is 12.4. The summed E-state index contributed by atoms with van der Waals surface area (Å²) in [5.74, 6) is 0.852. The van der Waals surface area contributed by atoms with Crippen LogP contribution in [0.15, 0.2) is 24.3 Å². The number of amides is 1. The zero-order chi connectivity index (χ0) is 13.0. The molecule has 2 nitrogen and oxygen atoms in total. The molecule has 98 valence electrons. The van der Waals surface area contributed by atoms with E-state index >= 15 is 0 Å². The van der Waals surface area contributed by atoms with E-state index in [0.717, 1.165) is 41.4 Å². The normalized spacial score (nSPS) is 19.2. The predicted octanol–water partition coefficient (Wildman–Crippen LogP) is 3.91. The van der Waals surface area contributed by atoms with Crippen LogP contribution >= 0.6 is 34.2 Å². The summed E-state index contributed by atoms with van der Waals surface area (Å²) in [6.45, 7) is 0.887. The lowest BCUT2D eigenvalue weighted by Gasteiger charge is -2.24. The fraction of sp³-hybridized carbons (Fsp3) is 0.500. The molecule has 2 rings (SSSR count). The standard InChI is InChI=1S/C14H17ClINO/c15-9-1-3-13-4-2-10-17(13)14(18)11-5-7-12(16)8-6-11/h5-8,13H,1-4,9-10H2. The summed E-state index contributed by atoms with van der Waals surface area (Å²) in [5.41, 5.74) is 0.799. The summed E-state index contributed by atoms with van der Waals surface area (Å²) >= 11 is 7.99. The van der Waals surface area contributed by atoms with Crippen molar-refractivity contribution in [1.82, 2.24) is 4.90 Å². The smallest absolute Gasteiger partial charge is 0.254 e. The monoisotopic (exact) mass is 377 g/mol. The number of nitrogens with zero attached hydrogens (tertiary/aromatic N) is 1. The van der Waals surface area contributed by atoms with Crippen molar-refractivity contribution in [3.8, 4) is 0 Å². The second-order valence-electron chi connectivity index (χ2n) is 4.63. The molecule has 18 heavy (non-hydrogen) atoms. The molecule has 0 N–H and O–H groups in total. The van der Waals surface area contributed by atoms with E-state index in [9.17, 15) is 4.79 Å². The van der Waals surface area contributed by atoms with Crippen molar-refractivity contribution in [2.45, 2.75) is 31.7 Å². The van der Waals surface area contributed by atoms with Crippen molar-refractivity contribution in [3.05, 3.63) is 33.4 Å². The number of benzene rings is 1. The van der Waals surface area contributed by atoms with Gasteiger partial charge < -0.3 is 4.90 Å². The molecule has 1 aromatic rings. The van der Waals surface area contributed by atoms with Gasteiger partial charge >= 0.3 is 0 Å². The minimum Gasteiger partial charge on any atom is -0.336 e. The number of rotatable bonds is 4. The third-order valence-electron chi connectivity index (χ3n) is 3.40. The van der Waals surface area contributed by atoms with Gasteiger partial charge in [-0.25, -0.2) is 0 Å². The summed E-state index contributed by atoms with van der Waals surface area (Å²) in [6.07, 6.45) is 4.25. The summed E-state index contributed by atoms with van der Waals surface area (Å²) in [7, 11) is 0. The number of carbonyl (C=O) groups is 1. The zero-order valence-corrected chi connectivity index (χ0v) is 13.2. The van der Waals surface area contributed by atoms with Crippen LogP contribution < -0.4 is 0 Å². The van der Waals surface area contributed by atoms with Gasteiger partial charge in [-0.05, 0) is 72.5 Å². The van der Waals surface area contributed by atoms with Crippen molar-refractivity contribution in [2.75, 3.05) is 12.4 Å². The van der Waals surface area contributed by atoms with Gasteiger partial charge in [0.2, 0.25) is 0 Å². The maximum atomic E-state index is 12.4. The van der Waals surface area contributed by atoms with Crippen molar-refractivity contribution in [1.29, 1.82) is 0 Å². The van der Waals surface area contributed by atoms with Crippen molar-refractivity contribution >= 4 is 40.1 Å². The highest BCUT2D eigenvalue weighted by atomic mass is 127. The molecule has 1 amide bonds. The van der Waals surface area contributed by atoms with Crippen LogP contribution in [0.25, 0.3) is 0 Å². The lowest BCUT2D eigenvalue weighted by molar-refractivity contribution is 0.0730. The molecule has 0 saturated carbocycles. The van der Waals surface area contributed by atoms with Crippen LogP contribution in [0.2, 0.25) is 0 Å². The number of carbonyl (C=O) groups excluding carboxylic acids is 1. The molecule has 1 atom stereocenters. The van der Waals surface area contributed by atoms with Gasteiger partial charge in [0.25, 0.3) is 5.91 Å². The number of hydrogen-bond acceptors (Lipinski definition) is 1. The molecule has 0 bridgehead atoms. The fourth-order valence-electron chi connectivity index (χ4n) is 2.47. The van der Waals surface area contributed by atoms with E-state index < -0.39 is 0 Å². The molecular formula is C14H17ClINO. The Morgan fingerprint density at radius 3 is 2.78 bits per heavy atom. The van der Waals surface area contributed by atoms with Crippen molar-refractivity contribution in [3.63, 3.8) is 0 Å². The number of halogens is 2. The Kier molecular flexibility index (Phi) is 5.30. The Bertz CT molecular complexity index is 407. The van der Waals surface area contributed by atoms with Crippen LogP contribution in [0.1, 0.15) is 36.0 Å². The van der Waals surface area contributed by atoms with E-state index in [1.54, 1.807) is 0 Å². The summed E-state index contributed by atoms with van der Waals surface area (Å²) in [5, 5.41) is 0. The first-order valence-electron chi connectivity index (χ1n) is 6.35. The van der Waals surface area contributed by atoms with Gasteiger partial charge in [0.1, 0.15) is 0 Å².